The number of hydrogen-bond acceptors (Lipinski definition) is 5. The summed E-state index contributed by atoms with van der Waals surface area (Å²) in [7, 11) is 0. The Balaban J connectivity index is 4.45. The van der Waals surface area contributed by atoms with E-state index in [1.807, 2.05) is 0 Å². The summed E-state index contributed by atoms with van der Waals surface area (Å²) >= 11 is 0. The van der Waals surface area contributed by atoms with Gasteiger partial charge in [0.05, 0.1) is 25.2 Å². The average molecular weight is 774 g/mol. The molecule has 0 saturated heterocycles. The van der Waals surface area contributed by atoms with Crippen molar-refractivity contribution in [3.05, 3.63) is 36.5 Å². The van der Waals surface area contributed by atoms with E-state index >= 15 is 0 Å². The number of hydrogen-bond donors (Lipinski definition) is 3. The van der Waals surface area contributed by atoms with Crippen molar-refractivity contribution in [1.29, 1.82) is 0 Å². The summed E-state index contributed by atoms with van der Waals surface area (Å²) < 4.78 is 5.88. The third kappa shape index (κ3) is 38.7. The van der Waals surface area contributed by atoms with Crippen molar-refractivity contribution in [1.82, 2.24) is 5.32 Å². The minimum Gasteiger partial charge on any atom is -0.462 e. The minimum absolute atomic E-state index is 0.0714. The Kier molecular flexibility index (Phi) is 41.7. The zero-order chi connectivity index (χ0) is 40.3. The number of carbonyl (C=O) groups excluding carboxylic acids is 2. The van der Waals surface area contributed by atoms with Gasteiger partial charge in [0.1, 0.15) is 6.10 Å². The molecule has 3 unspecified atom stereocenters. The summed E-state index contributed by atoms with van der Waals surface area (Å²) in [4.78, 5) is 25.9. The van der Waals surface area contributed by atoms with Crippen LogP contribution in [0.25, 0.3) is 0 Å². The lowest BCUT2D eigenvalue weighted by molar-refractivity contribution is -0.151. The smallest absolute Gasteiger partial charge is 0.306 e. The quantitative estimate of drug-likeness (QED) is 0.0326. The van der Waals surface area contributed by atoms with E-state index in [4.69, 9.17) is 4.74 Å². The van der Waals surface area contributed by atoms with Crippen LogP contribution in [0.15, 0.2) is 36.5 Å². The van der Waals surface area contributed by atoms with Gasteiger partial charge in [-0.2, -0.15) is 0 Å². The fourth-order valence-electron chi connectivity index (χ4n) is 7.19. The van der Waals surface area contributed by atoms with Gasteiger partial charge in [0.2, 0.25) is 5.91 Å². The fraction of sp³-hybridized carbons (Fsp3) is 0.837. The van der Waals surface area contributed by atoms with E-state index in [9.17, 15) is 19.8 Å². The second kappa shape index (κ2) is 43.2. The van der Waals surface area contributed by atoms with E-state index < -0.39 is 18.2 Å². The third-order valence-corrected chi connectivity index (χ3v) is 10.8. The molecular formula is C49H91NO5. The summed E-state index contributed by atoms with van der Waals surface area (Å²) in [5.74, 6) is -0.495. The van der Waals surface area contributed by atoms with E-state index in [1.54, 1.807) is 0 Å². The molecule has 0 aliphatic carbocycles. The summed E-state index contributed by atoms with van der Waals surface area (Å²) in [5, 5.41) is 23.7. The lowest BCUT2D eigenvalue weighted by Gasteiger charge is -2.24. The molecule has 1 amide bonds. The highest BCUT2D eigenvalue weighted by molar-refractivity contribution is 5.77. The van der Waals surface area contributed by atoms with Crippen molar-refractivity contribution >= 4 is 11.9 Å². The molecule has 6 heteroatoms. The second-order valence-electron chi connectivity index (χ2n) is 16.2. The maximum Gasteiger partial charge on any atom is 0.306 e. The van der Waals surface area contributed by atoms with Gasteiger partial charge in [-0.05, 0) is 44.9 Å². The van der Waals surface area contributed by atoms with E-state index in [2.05, 4.69) is 62.5 Å². The molecule has 0 spiro atoms. The molecule has 0 aromatic carbocycles. The van der Waals surface area contributed by atoms with Crippen LogP contribution < -0.4 is 5.32 Å². The number of nitrogens with one attached hydrogen (secondary N) is 1. The fourth-order valence-corrected chi connectivity index (χ4v) is 7.19. The van der Waals surface area contributed by atoms with Crippen LogP contribution in [-0.2, 0) is 14.3 Å². The van der Waals surface area contributed by atoms with Gasteiger partial charge in [-0.25, -0.2) is 0 Å². The molecule has 6 nitrogen and oxygen atoms in total. The first-order valence-electron chi connectivity index (χ1n) is 23.7. The molecule has 0 heterocycles. The van der Waals surface area contributed by atoms with Crippen LogP contribution in [0.1, 0.15) is 239 Å². The van der Waals surface area contributed by atoms with Crippen molar-refractivity contribution in [3.8, 4) is 0 Å². The molecule has 3 atom stereocenters. The van der Waals surface area contributed by atoms with Gasteiger partial charge in [0.15, 0.2) is 0 Å². The largest absolute Gasteiger partial charge is 0.462 e. The first kappa shape index (κ1) is 53.1. The van der Waals surface area contributed by atoms with Gasteiger partial charge in [-0.1, -0.05) is 218 Å². The van der Waals surface area contributed by atoms with Crippen molar-refractivity contribution < 1.29 is 24.5 Å². The molecule has 0 rings (SSSR count). The first-order valence-corrected chi connectivity index (χ1v) is 23.7. The van der Waals surface area contributed by atoms with Crippen molar-refractivity contribution in [3.63, 3.8) is 0 Å². The Morgan fingerprint density at radius 3 is 1.47 bits per heavy atom. The minimum atomic E-state index is -0.787. The number of unbranched alkanes of at least 4 members (excludes halogenated alkanes) is 26. The number of esters is 1. The maximum atomic E-state index is 13.1. The summed E-state index contributed by atoms with van der Waals surface area (Å²) in [6.07, 6.45) is 49.2. The number of amides is 1. The van der Waals surface area contributed by atoms with E-state index in [0.29, 0.717) is 19.3 Å². The zero-order valence-corrected chi connectivity index (χ0v) is 36.6. The van der Waals surface area contributed by atoms with Crippen LogP contribution in [0.4, 0.5) is 0 Å². The van der Waals surface area contributed by atoms with Crippen molar-refractivity contribution in [2.24, 2.45) is 0 Å². The van der Waals surface area contributed by atoms with Crippen LogP contribution in [0.3, 0.4) is 0 Å². The highest BCUT2D eigenvalue weighted by atomic mass is 16.5. The van der Waals surface area contributed by atoms with Gasteiger partial charge in [0.25, 0.3) is 0 Å². The predicted octanol–water partition coefficient (Wildman–Crippen LogP) is 13.7. The number of ether oxygens (including phenoxy) is 1. The van der Waals surface area contributed by atoms with E-state index in [1.165, 1.54) is 116 Å². The normalized spacial score (nSPS) is 13.6. The predicted molar refractivity (Wildman–Crippen MR) is 236 cm³/mol. The molecule has 0 aromatic heterocycles. The lowest BCUT2D eigenvalue weighted by Crippen LogP contribution is -2.46. The van der Waals surface area contributed by atoms with Crippen LogP contribution in [0.2, 0.25) is 0 Å². The number of aliphatic hydroxyl groups is 2. The highest BCUT2D eigenvalue weighted by Gasteiger charge is 2.24. The standard InChI is InChI=1S/C49H91NO5/c1-4-7-10-13-16-19-21-23-24-26-27-29-32-35-38-41-47(52)46(44-51)50-48(53)43-45(40-37-34-31-18-15-12-9-6-3)55-49(54)42-39-36-33-30-28-25-22-20-17-14-11-8-5-2/h8,11,14,17,20,22,45-47,51-52H,4-7,9-10,12-13,15-16,18-19,21,23-44H2,1-3H3,(H,50,53)/b11-8+,17-14+,22-20-. The molecule has 0 fully saturated rings. The summed E-state index contributed by atoms with van der Waals surface area (Å²) in [6.45, 7) is 6.33. The topological polar surface area (TPSA) is 95.9 Å². The zero-order valence-electron chi connectivity index (χ0n) is 36.6. The van der Waals surface area contributed by atoms with E-state index in [-0.39, 0.29) is 24.9 Å². The average Bonchev–Trinajstić information content (AvgIpc) is 3.18. The molecule has 0 radical (unpaired) electrons. The molecule has 0 saturated carbocycles. The number of aliphatic hydroxyl groups excluding tert-OH is 2. The van der Waals surface area contributed by atoms with Gasteiger partial charge < -0.3 is 20.3 Å². The van der Waals surface area contributed by atoms with Crippen LogP contribution >= 0.6 is 0 Å². The van der Waals surface area contributed by atoms with Gasteiger partial charge in [0, 0.05) is 6.42 Å². The molecule has 3 N–H and O–H groups in total. The summed E-state index contributed by atoms with van der Waals surface area (Å²) in [6, 6.07) is -0.700. The SMILES string of the molecule is CC/C=C/C=C/C=C\CCCCCCCC(=O)OC(CCCCCCCCCC)CC(=O)NC(CO)C(O)CCCCCCCCCCCCCCCCC. The third-order valence-electron chi connectivity index (χ3n) is 10.8. The van der Waals surface area contributed by atoms with Crippen LogP contribution in [0, 0.1) is 0 Å². The summed E-state index contributed by atoms with van der Waals surface area (Å²) in [5.41, 5.74) is 0. The Labute approximate surface area is 341 Å². The van der Waals surface area contributed by atoms with E-state index in [0.717, 1.165) is 77.0 Å². The van der Waals surface area contributed by atoms with Crippen molar-refractivity contribution in [2.75, 3.05) is 6.61 Å². The monoisotopic (exact) mass is 774 g/mol. The molecular weight excluding hydrogens is 683 g/mol. The number of allylic oxidation sites excluding steroid dienone is 6. The molecule has 0 aliphatic rings. The first-order chi connectivity index (χ1) is 27.0. The highest BCUT2D eigenvalue weighted by Crippen LogP contribution is 2.18. The van der Waals surface area contributed by atoms with Gasteiger partial charge >= 0.3 is 5.97 Å². The second-order valence-corrected chi connectivity index (χ2v) is 16.2. The molecule has 0 aliphatic heterocycles. The van der Waals surface area contributed by atoms with Crippen molar-refractivity contribution in [2.45, 2.75) is 257 Å². The Hall–Kier alpha value is -1.92. The number of rotatable bonds is 42. The lowest BCUT2D eigenvalue weighted by atomic mass is 10.0. The maximum absolute atomic E-state index is 13.1. The Morgan fingerprint density at radius 2 is 0.982 bits per heavy atom. The molecule has 0 bridgehead atoms. The van der Waals surface area contributed by atoms with Gasteiger partial charge in [-0.15, -0.1) is 0 Å². The molecule has 322 valence electrons. The van der Waals surface area contributed by atoms with Gasteiger partial charge in [-0.3, -0.25) is 9.59 Å². The Bertz CT molecular complexity index is 915. The number of carbonyl (C=O) groups is 2. The van der Waals surface area contributed by atoms with Crippen LogP contribution in [0.5, 0.6) is 0 Å². The van der Waals surface area contributed by atoms with Crippen LogP contribution in [-0.4, -0.2) is 46.9 Å². The molecule has 0 aromatic rings. The Morgan fingerprint density at radius 1 is 0.545 bits per heavy atom. The molecule has 55 heavy (non-hydrogen) atoms.